The van der Waals surface area contributed by atoms with E-state index in [1.165, 1.54) is 27.2 Å². The molecule has 3 aromatic rings. The summed E-state index contributed by atoms with van der Waals surface area (Å²) in [5.74, 6) is -0.931. The Morgan fingerprint density at radius 3 is 1.93 bits per heavy atom. The van der Waals surface area contributed by atoms with Crippen molar-refractivity contribution >= 4 is 40.1 Å². The summed E-state index contributed by atoms with van der Waals surface area (Å²) in [5, 5.41) is 0. The second kappa shape index (κ2) is 5.79. The predicted octanol–water partition coefficient (Wildman–Crippen LogP) is 4.86. The van der Waals surface area contributed by atoms with Crippen molar-refractivity contribution in [3.8, 4) is 0 Å². The fourth-order valence-corrected chi connectivity index (χ4v) is 6.36. The Morgan fingerprint density at radius 2 is 1.34 bits per heavy atom. The normalized spacial score (nSPS) is 28.9. The van der Waals surface area contributed by atoms with Crippen molar-refractivity contribution in [3.63, 3.8) is 0 Å². The highest BCUT2D eigenvalue weighted by atomic mass is 127. The van der Waals surface area contributed by atoms with E-state index in [0.29, 0.717) is 5.69 Å². The maximum atomic E-state index is 13.8. The van der Waals surface area contributed by atoms with Gasteiger partial charge in [0.1, 0.15) is 0 Å². The SMILES string of the molecule is CC12c3ccccc3C(c3ccccc31)[C@H]1C(=O)N(c3ccc(I)cc3)C(=O)[C@H]12. The van der Waals surface area contributed by atoms with Crippen molar-refractivity contribution in [1.82, 2.24) is 0 Å². The summed E-state index contributed by atoms with van der Waals surface area (Å²) < 4.78 is 1.08. The topological polar surface area (TPSA) is 37.4 Å². The number of benzene rings is 3. The highest BCUT2D eigenvalue weighted by Crippen LogP contribution is 2.64. The number of amides is 2. The quantitative estimate of drug-likeness (QED) is 0.360. The summed E-state index contributed by atoms with van der Waals surface area (Å²) in [4.78, 5) is 28.9. The molecule has 0 aromatic heterocycles. The van der Waals surface area contributed by atoms with Gasteiger partial charge in [-0.1, -0.05) is 55.5 Å². The highest BCUT2D eigenvalue weighted by Gasteiger charge is 2.66. The Labute approximate surface area is 182 Å². The van der Waals surface area contributed by atoms with E-state index >= 15 is 0 Å². The minimum Gasteiger partial charge on any atom is -0.274 e. The van der Waals surface area contributed by atoms with Gasteiger partial charge in [0.25, 0.3) is 0 Å². The third-order valence-corrected chi connectivity index (χ3v) is 7.85. The molecule has 0 unspecified atom stereocenters. The Kier molecular flexibility index (Phi) is 3.47. The molecular weight excluding hydrogens is 473 g/mol. The molecular formula is C25H18INO2. The minimum absolute atomic E-state index is 0.0681. The summed E-state index contributed by atoms with van der Waals surface area (Å²) >= 11 is 2.23. The first-order valence-corrected chi connectivity index (χ1v) is 10.9. The minimum atomic E-state index is -0.503. The first-order valence-electron chi connectivity index (χ1n) is 9.85. The molecule has 1 saturated heterocycles. The van der Waals surface area contributed by atoms with Crippen molar-refractivity contribution in [3.05, 3.63) is 98.6 Å². The molecule has 0 radical (unpaired) electrons. The Hall–Kier alpha value is -2.47. The lowest BCUT2D eigenvalue weighted by atomic mass is 9.48. The zero-order valence-corrected chi connectivity index (χ0v) is 18.0. The van der Waals surface area contributed by atoms with Gasteiger partial charge in [-0.05, 0) is 69.1 Å². The molecule has 2 atom stereocenters. The lowest BCUT2D eigenvalue weighted by Crippen LogP contribution is -2.51. The maximum absolute atomic E-state index is 13.8. The van der Waals surface area contributed by atoms with Gasteiger partial charge >= 0.3 is 0 Å². The average molecular weight is 491 g/mol. The summed E-state index contributed by atoms with van der Waals surface area (Å²) in [6.45, 7) is 2.15. The van der Waals surface area contributed by atoms with E-state index in [9.17, 15) is 9.59 Å². The monoisotopic (exact) mass is 491 g/mol. The average Bonchev–Trinajstić information content (AvgIpc) is 3.01. The number of imide groups is 1. The van der Waals surface area contributed by atoms with Crippen LogP contribution in [0.3, 0.4) is 0 Å². The van der Waals surface area contributed by atoms with Gasteiger partial charge in [-0.15, -0.1) is 0 Å². The van der Waals surface area contributed by atoms with Crippen LogP contribution < -0.4 is 4.90 Å². The van der Waals surface area contributed by atoms with Crippen LogP contribution in [0.15, 0.2) is 72.8 Å². The molecule has 3 nitrogen and oxygen atoms in total. The number of hydrogen-bond donors (Lipinski definition) is 0. The lowest BCUT2D eigenvalue weighted by molar-refractivity contribution is -0.123. The van der Waals surface area contributed by atoms with E-state index < -0.39 is 5.41 Å². The first-order chi connectivity index (χ1) is 14.0. The second-order valence-electron chi connectivity index (χ2n) is 8.35. The standard InChI is InChI=1S/C25H18INO2/c1-25-18-8-4-2-6-16(18)20(17-7-3-5-9-19(17)25)21-22(25)24(29)27(23(21)28)15-12-10-14(26)11-13-15/h2-13,20-22H,1H3/t20?,21-,22+,25?/m1/s1. The fourth-order valence-electron chi connectivity index (χ4n) is 6.00. The van der Waals surface area contributed by atoms with Crippen molar-refractivity contribution in [2.45, 2.75) is 18.3 Å². The van der Waals surface area contributed by atoms with Crippen LogP contribution in [-0.4, -0.2) is 11.8 Å². The number of nitrogens with zero attached hydrogens (tertiary/aromatic N) is 1. The van der Waals surface area contributed by atoms with E-state index in [1.54, 1.807) is 0 Å². The first kappa shape index (κ1) is 17.4. The molecule has 3 aliphatic carbocycles. The van der Waals surface area contributed by atoms with E-state index in [0.717, 1.165) is 3.57 Å². The summed E-state index contributed by atoms with van der Waals surface area (Å²) in [5.41, 5.74) is 4.94. The number of anilines is 1. The van der Waals surface area contributed by atoms with Crippen molar-refractivity contribution < 1.29 is 9.59 Å². The van der Waals surface area contributed by atoms with Crippen LogP contribution in [0.25, 0.3) is 0 Å². The smallest absolute Gasteiger partial charge is 0.238 e. The maximum Gasteiger partial charge on any atom is 0.238 e. The molecule has 0 N–H and O–H groups in total. The molecule has 7 rings (SSSR count). The number of halogens is 1. The van der Waals surface area contributed by atoms with Crippen molar-refractivity contribution in [1.29, 1.82) is 0 Å². The zero-order chi connectivity index (χ0) is 19.9. The highest BCUT2D eigenvalue weighted by molar-refractivity contribution is 14.1. The van der Waals surface area contributed by atoms with E-state index in [1.807, 2.05) is 48.5 Å². The Bertz CT molecular complexity index is 1150. The van der Waals surface area contributed by atoms with Crippen molar-refractivity contribution in [2.75, 3.05) is 4.90 Å². The number of hydrogen-bond acceptors (Lipinski definition) is 2. The lowest BCUT2D eigenvalue weighted by Gasteiger charge is -2.52. The van der Waals surface area contributed by atoms with Gasteiger partial charge in [0.2, 0.25) is 11.8 Å². The summed E-state index contributed by atoms with van der Waals surface area (Å²) in [6.07, 6.45) is 0. The molecule has 2 bridgehead atoms. The van der Waals surface area contributed by atoms with Crippen LogP contribution in [0, 0.1) is 15.4 Å². The van der Waals surface area contributed by atoms with Gasteiger partial charge in [0, 0.05) is 14.9 Å². The van der Waals surface area contributed by atoms with Gasteiger partial charge in [-0.3, -0.25) is 9.59 Å². The third-order valence-electron chi connectivity index (χ3n) is 7.13. The number of carbonyl (C=O) groups excluding carboxylic acids is 2. The Morgan fingerprint density at radius 1 is 0.793 bits per heavy atom. The van der Waals surface area contributed by atoms with Gasteiger partial charge in [-0.2, -0.15) is 0 Å². The third kappa shape index (κ3) is 2.03. The molecule has 4 heteroatoms. The molecule has 0 saturated carbocycles. The molecule has 29 heavy (non-hydrogen) atoms. The van der Waals surface area contributed by atoms with Crippen molar-refractivity contribution in [2.24, 2.45) is 11.8 Å². The number of rotatable bonds is 1. The molecule has 1 heterocycles. The molecule has 1 aliphatic heterocycles. The Balaban J connectivity index is 1.61. The van der Waals surface area contributed by atoms with Crippen LogP contribution in [0.4, 0.5) is 5.69 Å². The second-order valence-corrected chi connectivity index (χ2v) is 9.59. The van der Waals surface area contributed by atoms with Crippen LogP contribution >= 0.6 is 22.6 Å². The van der Waals surface area contributed by atoms with Crippen LogP contribution in [-0.2, 0) is 15.0 Å². The van der Waals surface area contributed by atoms with Gasteiger partial charge < -0.3 is 0 Å². The van der Waals surface area contributed by atoms with Gasteiger partial charge in [0.15, 0.2) is 0 Å². The molecule has 3 aromatic carbocycles. The zero-order valence-electron chi connectivity index (χ0n) is 15.8. The summed E-state index contributed by atoms with van der Waals surface area (Å²) in [7, 11) is 0. The van der Waals surface area contributed by atoms with E-state index in [-0.39, 0.29) is 29.6 Å². The van der Waals surface area contributed by atoms with E-state index in [2.05, 4.69) is 53.8 Å². The van der Waals surface area contributed by atoms with Crippen LogP contribution in [0.1, 0.15) is 35.1 Å². The molecule has 4 aliphatic rings. The predicted molar refractivity (Wildman–Crippen MR) is 120 cm³/mol. The molecule has 142 valence electrons. The van der Waals surface area contributed by atoms with Crippen LogP contribution in [0.5, 0.6) is 0 Å². The van der Waals surface area contributed by atoms with Gasteiger partial charge in [-0.25, -0.2) is 4.90 Å². The fraction of sp³-hybridized carbons (Fsp3) is 0.200. The molecule has 1 fully saturated rings. The van der Waals surface area contributed by atoms with E-state index in [4.69, 9.17) is 0 Å². The molecule has 2 amide bonds. The van der Waals surface area contributed by atoms with Crippen LogP contribution in [0.2, 0.25) is 0 Å². The molecule has 0 spiro atoms. The van der Waals surface area contributed by atoms with Gasteiger partial charge in [0.05, 0.1) is 17.5 Å². The number of carbonyl (C=O) groups is 2. The largest absolute Gasteiger partial charge is 0.274 e. The summed E-state index contributed by atoms with van der Waals surface area (Å²) in [6, 6.07) is 24.3.